The van der Waals surface area contributed by atoms with Gasteiger partial charge in [0, 0.05) is 10.6 Å². The number of carbonyl (C=O) groups excluding carboxylic acids is 1. The molecule has 1 amide bonds. The van der Waals surface area contributed by atoms with E-state index in [4.69, 9.17) is 11.6 Å². The van der Waals surface area contributed by atoms with Crippen molar-refractivity contribution >= 4 is 23.5 Å². The number of benzene rings is 3. The van der Waals surface area contributed by atoms with Gasteiger partial charge in [-0.2, -0.15) is 0 Å². The topological polar surface area (TPSA) is 57.6 Å². The quantitative estimate of drug-likeness (QED) is 0.629. The Morgan fingerprint density at radius 3 is 2.24 bits per heavy atom. The molecule has 2 atom stereocenters. The minimum Gasteiger partial charge on any atom is -0.480 e. The van der Waals surface area contributed by atoms with Crippen LogP contribution in [0, 0.1) is 0 Å². The first-order valence-corrected chi connectivity index (χ1v) is 9.90. The summed E-state index contributed by atoms with van der Waals surface area (Å²) in [6, 6.07) is 23.0. The van der Waals surface area contributed by atoms with Crippen LogP contribution < -0.4 is 0 Å². The van der Waals surface area contributed by atoms with Crippen molar-refractivity contribution in [1.29, 1.82) is 0 Å². The molecule has 0 radical (unpaired) electrons. The lowest BCUT2D eigenvalue weighted by Crippen LogP contribution is -2.42. The lowest BCUT2D eigenvalue weighted by molar-refractivity contribution is -0.141. The Morgan fingerprint density at radius 1 is 0.862 bits per heavy atom. The molecule has 0 saturated carbocycles. The van der Waals surface area contributed by atoms with Crippen LogP contribution in [0.3, 0.4) is 0 Å². The number of halogens is 1. The molecule has 0 aliphatic carbocycles. The zero-order chi connectivity index (χ0) is 20.4. The Hall–Kier alpha value is -3.11. The van der Waals surface area contributed by atoms with Crippen LogP contribution in [0.1, 0.15) is 34.8 Å². The highest BCUT2D eigenvalue weighted by Crippen LogP contribution is 2.41. The third-order valence-electron chi connectivity index (χ3n) is 5.41. The number of carboxylic acid groups (broad SMARTS) is 1. The molecule has 4 nitrogen and oxygen atoms in total. The number of likely N-dealkylation sites (tertiary alicyclic amines) is 1. The molecule has 1 saturated heterocycles. The van der Waals surface area contributed by atoms with Crippen LogP contribution in [0.4, 0.5) is 0 Å². The molecule has 5 heteroatoms. The average molecular weight is 406 g/mol. The predicted octanol–water partition coefficient (Wildman–Crippen LogP) is 5.44. The van der Waals surface area contributed by atoms with Gasteiger partial charge in [-0.1, -0.05) is 78.3 Å². The number of carboxylic acids is 1. The monoisotopic (exact) mass is 405 g/mol. The SMILES string of the molecule is O=C(O)C1CCC(c2ccccc2Cl)N1C(=O)c1ccccc1-c1ccccc1. The zero-order valence-corrected chi connectivity index (χ0v) is 16.4. The fourth-order valence-corrected chi connectivity index (χ4v) is 4.33. The summed E-state index contributed by atoms with van der Waals surface area (Å²) in [5.74, 6) is -1.29. The van der Waals surface area contributed by atoms with Crippen LogP contribution in [0.25, 0.3) is 11.1 Å². The smallest absolute Gasteiger partial charge is 0.326 e. The molecular weight excluding hydrogens is 386 g/mol. The summed E-state index contributed by atoms with van der Waals surface area (Å²) >= 11 is 6.39. The van der Waals surface area contributed by atoms with Crippen LogP contribution in [-0.4, -0.2) is 27.9 Å². The van der Waals surface area contributed by atoms with E-state index in [1.807, 2.05) is 60.7 Å². The minimum atomic E-state index is -0.995. The van der Waals surface area contributed by atoms with Crippen LogP contribution in [0.15, 0.2) is 78.9 Å². The Kier molecular flexibility index (Phi) is 5.36. The van der Waals surface area contributed by atoms with E-state index in [1.54, 1.807) is 18.2 Å². The van der Waals surface area contributed by atoms with Crippen molar-refractivity contribution in [2.24, 2.45) is 0 Å². The number of amides is 1. The molecule has 2 unspecified atom stereocenters. The largest absolute Gasteiger partial charge is 0.480 e. The van der Waals surface area contributed by atoms with Crippen molar-refractivity contribution in [2.75, 3.05) is 0 Å². The van der Waals surface area contributed by atoms with Gasteiger partial charge in [-0.25, -0.2) is 4.79 Å². The van der Waals surface area contributed by atoms with Gasteiger partial charge in [0.05, 0.1) is 6.04 Å². The first kappa shape index (κ1) is 19.2. The van der Waals surface area contributed by atoms with Crippen molar-refractivity contribution in [3.63, 3.8) is 0 Å². The number of hydrogen-bond donors (Lipinski definition) is 1. The van der Waals surface area contributed by atoms with Crippen molar-refractivity contribution < 1.29 is 14.7 Å². The van der Waals surface area contributed by atoms with Crippen molar-refractivity contribution in [2.45, 2.75) is 24.9 Å². The van der Waals surface area contributed by atoms with Gasteiger partial charge in [0.1, 0.15) is 6.04 Å². The zero-order valence-electron chi connectivity index (χ0n) is 15.7. The van der Waals surface area contributed by atoms with Gasteiger partial charge in [-0.3, -0.25) is 4.79 Å². The Bertz CT molecular complexity index is 1050. The lowest BCUT2D eigenvalue weighted by atomic mass is 9.97. The highest BCUT2D eigenvalue weighted by atomic mass is 35.5. The van der Waals surface area contributed by atoms with Crippen LogP contribution in [-0.2, 0) is 4.79 Å². The van der Waals surface area contributed by atoms with E-state index in [1.165, 1.54) is 4.90 Å². The fraction of sp³-hybridized carbons (Fsp3) is 0.167. The summed E-state index contributed by atoms with van der Waals surface area (Å²) in [6.07, 6.45) is 0.949. The number of hydrogen-bond acceptors (Lipinski definition) is 2. The maximum Gasteiger partial charge on any atom is 0.326 e. The summed E-state index contributed by atoms with van der Waals surface area (Å²) in [5, 5.41) is 10.3. The van der Waals surface area contributed by atoms with Crippen molar-refractivity contribution in [3.05, 3.63) is 95.0 Å². The summed E-state index contributed by atoms with van der Waals surface area (Å²) < 4.78 is 0. The molecule has 0 spiro atoms. The average Bonchev–Trinajstić information content (AvgIpc) is 3.19. The molecule has 29 heavy (non-hydrogen) atoms. The molecule has 1 N–H and O–H groups in total. The normalized spacial score (nSPS) is 18.6. The highest BCUT2D eigenvalue weighted by Gasteiger charge is 2.43. The number of aliphatic carboxylic acids is 1. The van der Waals surface area contributed by atoms with Gasteiger partial charge in [0.2, 0.25) is 0 Å². The van der Waals surface area contributed by atoms with Gasteiger partial charge in [0.15, 0.2) is 0 Å². The van der Waals surface area contributed by atoms with Gasteiger partial charge in [0.25, 0.3) is 5.91 Å². The summed E-state index contributed by atoms with van der Waals surface area (Å²) in [6.45, 7) is 0. The van der Waals surface area contributed by atoms with E-state index >= 15 is 0 Å². The predicted molar refractivity (Wildman–Crippen MR) is 113 cm³/mol. The minimum absolute atomic E-state index is 0.292. The van der Waals surface area contributed by atoms with Crippen LogP contribution in [0.5, 0.6) is 0 Å². The molecule has 1 aliphatic rings. The van der Waals surface area contributed by atoms with Crippen LogP contribution >= 0.6 is 11.6 Å². The number of rotatable bonds is 4. The van der Waals surface area contributed by atoms with E-state index in [0.717, 1.165) is 16.7 Å². The Balaban J connectivity index is 1.80. The first-order chi connectivity index (χ1) is 14.1. The standard InChI is InChI=1S/C24H20ClNO3/c25-20-13-7-6-12-19(20)21-14-15-22(24(28)29)26(21)23(27)18-11-5-4-10-17(18)16-8-2-1-3-9-16/h1-13,21-22H,14-15H2,(H,28,29). The lowest BCUT2D eigenvalue weighted by Gasteiger charge is -2.30. The molecular formula is C24H20ClNO3. The van der Waals surface area contributed by atoms with Crippen molar-refractivity contribution in [1.82, 2.24) is 4.90 Å². The van der Waals surface area contributed by atoms with E-state index in [-0.39, 0.29) is 11.9 Å². The second-order valence-corrected chi connectivity index (χ2v) is 7.50. The highest BCUT2D eigenvalue weighted by molar-refractivity contribution is 6.31. The van der Waals surface area contributed by atoms with E-state index in [0.29, 0.717) is 23.4 Å². The summed E-state index contributed by atoms with van der Waals surface area (Å²) in [4.78, 5) is 27.1. The maximum atomic E-state index is 13.7. The maximum absolute atomic E-state index is 13.7. The van der Waals surface area contributed by atoms with Gasteiger partial charge in [-0.05, 0) is 41.7 Å². The van der Waals surface area contributed by atoms with Crippen LogP contribution in [0.2, 0.25) is 5.02 Å². The Labute approximate surface area is 174 Å². The van der Waals surface area contributed by atoms with Crippen molar-refractivity contribution in [3.8, 4) is 11.1 Å². The van der Waals surface area contributed by atoms with Gasteiger partial charge in [-0.15, -0.1) is 0 Å². The number of nitrogens with zero attached hydrogens (tertiary/aromatic N) is 1. The number of carbonyl (C=O) groups is 2. The van der Waals surface area contributed by atoms with E-state index < -0.39 is 12.0 Å². The summed E-state index contributed by atoms with van der Waals surface area (Å²) in [7, 11) is 0. The molecule has 1 aliphatic heterocycles. The van der Waals surface area contributed by atoms with Gasteiger partial charge >= 0.3 is 5.97 Å². The molecule has 1 heterocycles. The second-order valence-electron chi connectivity index (χ2n) is 7.09. The molecule has 3 aromatic carbocycles. The third kappa shape index (κ3) is 3.64. The van der Waals surface area contributed by atoms with E-state index in [9.17, 15) is 14.7 Å². The molecule has 146 valence electrons. The second kappa shape index (κ2) is 8.10. The molecule has 4 rings (SSSR count). The molecule has 0 bridgehead atoms. The first-order valence-electron chi connectivity index (χ1n) is 9.52. The van der Waals surface area contributed by atoms with Gasteiger partial charge < -0.3 is 10.0 Å². The third-order valence-corrected chi connectivity index (χ3v) is 5.76. The molecule has 3 aromatic rings. The molecule has 1 fully saturated rings. The molecule has 0 aromatic heterocycles. The van der Waals surface area contributed by atoms with E-state index in [2.05, 4.69) is 0 Å². The fourth-order valence-electron chi connectivity index (χ4n) is 4.07. The summed E-state index contributed by atoms with van der Waals surface area (Å²) in [5.41, 5.74) is 2.97. The Morgan fingerprint density at radius 2 is 1.52 bits per heavy atom.